The molecule has 4 rings (SSSR count). The minimum atomic E-state index is -0.477. The van der Waals surface area contributed by atoms with Crippen LogP contribution >= 0.6 is 23.2 Å². The zero-order valence-corrected chi connectivity index (χ0v) is 17.1. The second-order valence-electron chi connectivity index (χ2n) is 6.61. The van der Waals surface area contributed by atoms with Gasteiger partial charge in [0.1, 0.15) is 11.3 Å². The molecule has 5 nitrogen and oxygen atoms in total. The summed E-state index contributed by atoms with van der Waals surface area (Å²) in [6.07, 6.45) is 0.134. The molecule has 3 aromatic carbocycles. The Bertz CT molecular complexity index is 1220. The first-order chi connectivity index (χ1) is 14.5. The van der Waals surface area contributed by atoms with Gasteiger partial charge in [-0.2, -0.15) is 0 Å². The first-order valence-electron chi connectivity index (χ1n) is 9.12. The van der Waals surface area contributed by atoms with Crippen molar-refractivity contribution >= 4 is 57.4 Å². The van der Waals surface area contributed by atoms with Gasteiger partial charge in [-0.15, -0.1) is 0 Å². The quantitative estimate of drug-likeness (QED) is 0.391. The number of furan rings is 1. The lowest BCUT2D eigenvalue weighted by atomic mass is 10.1. The number of carbonyl (C=O) groups is 2. The Kier molecular flexibility index (Phi) is 5.74. The molecule has 0 bridgehead atoms. The first-order valence-corrected chi connectivity index (χ1v) is 9.88. The lowest BCUT2D eigenvalue weighted by Crippen LogP contribution is -2.18. The van der Waals surface area contributed by atoms with Crippen molar-refractivity contribution in [3.63, 3.8) is 0 Å². The summed E-state index contributed by atoms with van der Waals surface area (Å²) >= 11 is 11.8. The Morgan fingerprint density at radius 3 is 2.13 bits per heavy atom. The highest BCUT2D eigenvalue weighted by Gasteiger charge is 2.22. The predicted octanol–water partition coefficient (Wildman–Crippen LogP) is 6.17. The average Bonchev–Trinajstić information content (AvgIpc) is 3.10. The van der Waals surface area contributed by atoms with Crippen molar-refractivity contribution in [2.24, 2.45) is 0 Å². The molecule has 0 atom stereocenters. The summed E-state index contributed by atoms with van der Waals surface area (Å²) < 4.78 is 5.75. The van der Waals surface area contributed by atoms with Crippen molar-refractivity contribution in [1.82, 2.24) is 0 Å². The largest absolute Gasteiger partial charge is 0.449 e. The molecule has 150 valence electrons. The van der Waals surface area contributed by atoms with Crippen molar-refractivity contribution in [1.29, 1.82) is 0 Å². The Hall–Kier alpha value is -3.28. The smallest absolute Gasteiger partial charge is 0.293 e. The number of hydrogen-bond donors (Lipinski definition) is 2. The molecule has 0 radical (unpaired) electrons. The number of para-hydroxylation sites is 1. The van der Waals surface area contributed by atoms with Gasteiger partial charge < -0.3 is 15.1 Å². The average molecular weight is 439 g/mol. The standard InChI is InChI=1S/C23H16Cl2N2O3/c24-15-7-5-14(6-8-15)13-20(28)27-21-18-3-1-2-4-19(18)30-22(21)23(29)26-17-11-9-16(25)10-12-17/h1-12H,13H2,(H,26,29)(H,27,28). The molecule has 0 fully saturated rings. The van der Waals surface area contributed by atoms with Gasteiger partial charge in [0.2, 0.25) is 11.7 Å². The maximum Gasteiger partial charge on any atom is 0.293 e. The zero-order chi connectivity index (χ0) is 21.1. The Morgan fingerprint density at radius 1 is 0.800 bits per heavy atom. The lowest BCUT2D eigenvalue weighted by molar-refractivity contribution is -0.115. The van der Waals surface area contributed by atoms with Gasteiger partial charge in [0.05, 0.1) is 6.42 Å². The van der Waals surface area contributed by atoms with E-state index in [1.165, 1.54) is 0 Å². The number of benzene rings is 3. The lowest BCUT2D eigenvalue weighted by Gasteiger charge is -2.08. The van der Waals surface area contributed by atoms with Gasteiger partial charge in [0.25, 0.3) is 5.91 Å². The summed E-state index contributed by atoms with van der Waals surface area (Å²) in [4.78, 5) is 25.5. The summed E-state index contributed by atoms with van der Waals surface area (Å²) in [6.45, 7) is 0. The number of halogens is 2. The van der Waals surface area contributed by atoms with Crippen molar-refractivity contribution in [3.05, 3.63) is 94.2 Å². The second-order valence-corrected chi connectivity index (χ2v) is 7.49. The molecule has 0 saturated carbocycles. The third-order valence-corrected chi connectivity index (χ3v) is 4.95. The topological polar surface area (TPSA) is 71.3 Å². The van der Waals surface area contributed by atoms with E-state index in [0.29, 0.717) is 32.4 Å². The third-order valence-electron chi connectivity index (χ3n) is 4.45. The number of nitrogens with one attached hydrogen (secondary N) is 2. The zero-order valence-electron chi connectivity index (χ0n) is 15.6. The van der Waals surface area contributed by atoms with Crippen molar-refractivity contribution in [2.75, 3.05) is 10.6 Å². The van der Waals surface area contributed by atoms with E-state index in [4.69, 9.17) is 27.6 Å². The van der Waals surface area contributed by atoms with Crippen molar-refractivity contribution in [3.8, 4) is 0 Å². The van der Waals surface area contributed by atoms with E-state index in [1.54, 1.807) is 66.7 Å². The molecule has 7 heteroatoms. The summed E-state index contributed by atoms with van der Waals surface area (Å²) in [5.74, 6) is -0.727. The fourth-order valence-electron chi connectivity index (χ4n) is 3.02. The molecular weight excluding hydrogens is 423 g/mol. The Morgan fingerprint density at radius 2 is 1.43 bits per heavy atom. The van der Waals surface area contributed by atoms with Crippen LogP contribution < -0.4 is 10.6 Å². The fraction of sp³-hybridized carbons (Fsp3) is 0.0435. The van der Waals surface area contributed by atoms with Crippen LogP contribution in [0.25, 0.3) is 11.0 Å². The number of hydrogen-bond acceptors (Lipinski definition) is 3. The monoisotopic (exact) mass is 438 g/mol. The van der Waals surface area contributed by atoms with Crippen LogP contribution in [0.15, 0.2) is 77.2 Å². The second kappa shape index (κ2) is 8.61. The molecule has 0 aliphatic heterocycles. The van der Waals surface area contributed by atoms with E-state index < -0.39 is 5.91 Å². The van der Waals surface area contributed by atoms with Gasteiger partial charge in [-0.25, -0.2) is 0 Å². The minimum Gasteiger partial charge on any atom is -0.449 e. The van der Waals surface area contributed by atoms with Crippen LogP contribution in [-0.2, 0) is 11.2 Å². The molecule has 30 heavy (non-hydrogen) atoms. The highest BCUT2D eigenvalue weighted by molar-refractivity contribution is 6.31. The summed E-state index contributed by atoms with van der Waals surface area (Å²) in [7, 11) is 0. The normalized spacial score (nSPS) is 10.7. The van der Waals surface area contributed by atoms with Gasteiger partial charge in [-0.3, -0.25) is 9.59 Å². The predicted molar refractivity (Wildman–Crippen MR) is 119 cm³/mol. The van der Waals surface area contributed by atoms with E-state index in [0.717, 1.165) is 5.56 Å². The minimum absolute atomic E-state index is 0.0237. The number of rotatable bonds is 5. The number of fused-ring (bicyclic) bond motifs is 1. The molecule has 0 unspecified atom stereocenters. The van der Waals surface area contributed by atoms with E-state index in [9.17, 15) is 9.59 Å². The summed E-state index contributed by atoms with van der Waals surface area (Å²) in [5, 5.41) is 7.39. The van der Waals surface area contributed by atoms with Crippen molar-refractivity contribution < 1.29 is 14.0 Å². The molecule has 0 aliphatic carbocycles. The highest BCUT2D eigenvalue weighted by atomic mass is 35.5. The molecular formula is C23H16Cl2N2O3. The molecule has 0 saturated heterocycles. The number of amides is 2. The molecule has 4 aromatic rings. The van der Waals surface area contributed by atoms with Gasteiger partial charge in [-0.1, -0.05) is 47.5 Å². The van der Waals surface area contributed by atoms with Crippen LogP contribution in [0.3, 0.4) is 0 Å². The van der Waals surface area contributed by atoms with Gasteiger partial charge >= 0.3 is 0 Å². The van der Waals surface area contributed by atoms with Crippen molar-refractivity contribution in [2.45, 2.75) is 6.42 Å². The Labute approximate surface area is 182 Å². The van der Waals surface area contributed by atoms with Crippen LogP contribution in [0, 0.1) is 0 Å². The van der Waals surface area contributed by atoms with E-state index in [2.05, 4.69) is 10.6 Å². The summed E-state index contributed by atoms with van der Waals surface area (Å²) in [5.41, 5.74) is 2.19. The molecule has 2 N–H and O–H groups in total. The maximum absolute atomic E-state index is 12.9. The van der Waals surface area contributed by atoms with E-state index in [-0.39, 0.29) is 18.1 Å². The van der Waals surface area contributed by atoms with Gasteiger partial charge in [-0.05, 0) is 54.1 Å². The SMILES string of the molecule is O=C(Cc1ccc(Cl)cc1)Nc1c(C(=O)Nc2ccc(Cl)cc2)oc2ccccc12. The highest BCUT2D eigenvalue weighted by Crippen LogP contribution is 2.31. The molecule has 2 amide bonds. The maximum atomic E-state index is 12.9. The third kappa shape index (κ3) is 4.48. The molecule has 1 heterocycles. The molecule has 1 aromatic heterocycles. The first kappa shape index (κ1) is 20.0. The van der Waals surface area contributed by atoms with Crippen LogP contribution in [0.4, 0.5) is 11.4 Å². The van der Waals surface area contributed by atoms with Crippen LogP contribution in [0.2, 0.25) is 10.0 Å². The van der Waals surface area contributed by atoms with Gasteiger partial charge in [0.15, 0.2) is 0 Å². The Balaban J connectivity index is 1.61. The fourth-order valence-corrected chi connectivity index (χ4v) is 3.27. The molecule has 0 aliphatic rings. The van der Waals surface area contributed by atoms with Crippen LogP contribution in [-0.4, -0.2) is 11.8 Å². The molecule has 0 spiro atoms. The van der Waals surface area contributed by atoms with Crippen LogP contribution in [0.5, 0.6) is 0 Å². The van der Waals surface area contributed by atoms with E-state index >= 15 is 0 Å². The number of carbonyl (C=O) groups excluding carboxylic acids is 2. The van der Waals surface area contributed by atoms with Gasteiger partial charge in [0, 0.05) is 21.1 Å². The summed E-state index contributed by atoms with van der Waals surface area (Å²) in [6, 6.07) is 20.9. The number of anilines is 2. The van der Waals surface area contributed by atoms with Crippen LogP contribution in [0.1, 0.15) is 16.1 Å². The van der Waals surface area contributed by atoms with E-state index in [1.807, 2.05) is 6.07 Å².